The van der Waals surface area contributed by atoms with Crippen molar-refractivity contribution in [3.63, 3.8) is 0 Å². The van der Waals surface area contributed by atoms with Crippen LogP contribution in [0.25, 0.3) is 0 Å². The molecule has 3 aliphatic heterocycles. The number of ether oxygens (including phenoxy) is 2. The Morgan fingerprint density at radius 2 is 1.77 bits per heavy atom. The maximum atomic E-state index is 12.9. The lowest BCUT2D eigenvalue weighted by atomic mass is 9.94. The van der Waals surface area contributed by atoms with Crippen molar-refractivity contribution in [1.82, 2.24) is 9.80 Å². The molecule has 1 atom stereocenters. The van der Waals surface area contributed by atoms with E-state index in [2.05, 4.69) is 16.7 Å². The highest BCUT2D eigenvalue weighted by Gasteiger charge is 2.36. The molecular weight excluding hydrogens is 280 g/mol. The van der Waals surface area contributed by atoms with Crippen LogP contribution >= 0.6 is 0 Å². The molecule has 3 heterocycles. The number of hydrogen-bond donors (Lipinski definition) is 0. The number of hydrogen-bond acceptors (Lipinski definition) is 4. The molecule has 0 aromatic heterocycles. The second kappa shape index (κ2) is 7.75. The molecule has 5 nitrogen and oxygen atoms in total. The van der Waals surface area contributed by atoms with E-state index in [1.54, 1.807) is 0 Å². The van der Waals surface area contributed by atoms with Crippen LogP contribution in [-0.2, 0) is 14.3 Å². The van der Waals surface area contributed by atoms with Crippen LogP contribution in [0.2, 0.25) is 0 Å². The minimum absolute atomic E-state index is 0.0245. The van der Waals surface area contributed by atoms with Gasteiger partial charge >= 0.3 is 0 Å². The highest BCUT2D eigenvalue weighted by molar-refractivity contribution is 5.82. The summed E-state index contributed by atoms with van der Waals surface area (Å²) in [6, 6.07) is 0.129. The number of carbonyl (C=O) groups excluding carboxylic acids is 1. The average Bonchev–Trinajstić information content (AvgIpc) is 3.10. The van der Waals surface area contributed by atoms with Crippen molar-refractivity contribution < 1.29 is 14.3 Å². The Kier molecular flexibility index (Phi) is 5.71. The third kappa shape index (κ3) is 3.63. The standard InChI is InChI=1S/C17H30N2O3/c1-2-8-18-9-4-3-5-15(18)16(20)19-10-6-14(7-11-19)17-21-12-13-22-17/h14-15,17H,2-13H2,1H3. The van der Waals surface area contributed by atoms with E-state index < -0.39 is 0 Å². The fourth-order valence-corrected chi connectivity index (χ4v) is 4.08. The normalized spacial score (nSPS) is 29.1. The largest absolute Gasteiger partial charge is 0.350 e. The van der Waals surface area contributed by atoms with Crippen LogP contribution in [0.15, 0.2) is 0 Å². The molecule has 1 amide bonds. The molecule has 3 fully saturated rings. The molecule has 0 aliphatic carbocycles. The Morgan fingerprint density at radius 3 is 2.45 bits per heavy atom. The average molecular weight is 310 g/mol. The zero-order chi connectivity index (χ0) is 15.4. The maximum Gasteiger partial charge on any atom is 0.239 e. The van der Waals surface area contributed by atoms with Gasteiger partial charge in [0, 0.05) is 19.0 Å². The second-order valence-corrected chi connectivity index (χ2v) is 6.82. The van der Waals surface area contributed by atoms with Gasteiger partial charge in [0.1, 0.15) is 0 Å². The SMILES string of the molecule is CCCN1CCCCC1C(=O)N1CCC(C2OCCO2)CC1. The number of carbonyl (C=O) groups is 1. The van der Waals surface area contributed by atoms with E-state index in [0.717, 1.165) is 65.1 Å². The van der Waals surface area contributed by atoms with Crippen LogP contribution in [0.3, 0.4) is 0 Å². The van der Waals surface area contributed by atoms with Crippen LogP contribution < -0.4 is 0 Å². The zero-order valence-electron chi connectivity index (χ0n) is 13.8. The summed E-state index contributed by atoms with van der Waals surface area (Å²) >= 11 is 0. The molecule has 0 saturated carbocycles. The summed E-state index contributed by atoms with van der Waals surface area (Å²) in [5.74, 6) is 0.824. The fourth-order valence-electron chi connectivity index (χ4n) is 4.08. The Balaban J connectivity index is 1.52. The van der Waals surface area contributed by atoms with Crippen LogP contribution in [-0.4, -0.2) is 67.4 Å². The lowest BCUT2D eigenvalue weighted by Gasteiger charge is -2.40. The summed E-state index contributed by atoms with van der Waals surface area (Å²) in [6.45, 7) is 7.51. The van der Waals surface area contributed by atoms with E-state index in [9.17, 15) is 4.79 Å². The van der Waals surface area contributed by atoms with Gasteiger partial charge in [-0.15, -0.1) is 0 Å². The van der Waals surface area contributed by atoms with Gasteiger partial charge in [-0.1, -0.05) is 13.3 Å². The molecule has 0 aromatic rings. The number of piperidine rings is 2. The Morgan fingerprint density at radius 1 is 1.05 bits per heavy atom. The monoisotopic (exact) mass is 310 g/mol. The summed E-state index contributed by atoms with van der Waals surface area (Å²) in [5, 5.41) is 0. The van der Waals surface area contributed by atoms with Crippen LogP contribution in [0, 0.1) is 5.92 Å². The molecule has 0 radical (unpaired) electrons. The molecule has 0 N–H and O–H groups in total. The topological polar surface area (TPSA) is 42.0 Å². The van der Waals surface area contributed by atoms with Gasteiger partial charge < -0.3 is 14.4 Å². The highest BCUT2D eigenvalue weighted by atomic mass is 16.7. The van der Waals surface area contributed by atoms with Crippen molar-refractivity contribution in [1.29, 1.82) is 0 Å². The summed E-state index contributed by atoms with van der Waals surface area (Å²) < 4.78 is 11.2. The Labute approximate surface area is 133 Å². The molecule has 22 heavy (non-hydrogen) atoms. The predicted molar refractivity (Wildman–Crippen MR) is 84.5 cm³/mol. The van der Waals surface area contributed by atoms with Crippen LogP contribution in [0.4, 0.5) is 0 Å². The summed E-state index contributed by atoms with van der Waals surface area (Å²) in [4.78, 5) is 17.4. The molecule has 126 valence electrons. The van der Waals surface area contributed by atoms with Crippen LogP contribution in [0.5, 0.6) is 0 Å². The lowest BCUT2D eigenvalue weighted by Crippen LogP contribution is -2.53. The van der Waals surface area contributed by atoms with E-state index in [1.807, 2.05) is 0 Å². The minimum atomic E-state index is -0.0245. The van der Waals surface area contributed by atoms with E-state index in [4.69, 9.17) is 9.47 Å². The second-order valence-electron chi connectivity index (χ2n) is 6.82. The Bertz CT molecular complexity index is 361. The first-order chi connectivity index (χ1) is 10.8. The molecule has 5 heteroatoms. The number of likely N-dealkylation sites (tertiary alicyclic amines) is 2. The van der Waals surface area contributed by atoms with Gasteiger partial charge in [-0.2, -0.15) is 0 Å². The minimum Gasteiger partial charge on any atom is -0.350 e. The molecule has 3 rings (SSSR count). The number of amides is 1. The highest BCUT2D eigenvalue weighted by Crippen LogP contribution is 2.27. The van der Waals surface area contributed by atoms with Crippen molar-refractivity contribution in [3.05, 3.63) is 0 Å². The molecule has 3 saturated heterocycles. The van der Waals surface area contributed by atoms with Gasteiger partial charge in [0.15, 0.2) is 6.29 Å². The first-order valence-electron chi connectivity index (χ1n) is 9.05. The van der Waals surface area contributed by atoms with Crippen molar-refractivity contribution in [2.24, 2.45) is 5.92 Å². The first kappa shape index (κ1) is 16.2. The predicted octanol–water partition coefficient (Wildman–Crippen LogP) is 1.86. The van der Waals surface area contributed by atoms with Gasteiger partial charge in [-0.05, 0) is 45.2 Å². The van der Waals surface area contributed by atoms with Crippen molar-refractivity contribution in [3.8, 4) is 0 Å². The van der Waals surface area contributed by atoms with Crippen molar-refractivity contribution in [2.75, 3.05) is 39.4 Å². The summed E-state index contributed by atoms with van der Waals surface area (Å²) in [5.41, 5.74) is 0. The van der Waals surface area contributed by atoms with E-state index in [-0.39, 0.29) is 12.3 Å². The van der Waals surface area contributed by atoms with E-state index in [1.165, 1.54) is 12.8 Å². The third-order valence-corrected chi connectivity index (χ3v) is 5.29. The number of nitrogens with zero attached hydrogens (tertiary/aromatic N) is 2. The molecule has 0 aromatic carbocycles. The number of rotatable bonds is 4. The maximum absolute atomic E-state index is 12.9. The van der Waals surface area contributed by atoms with Crippen LogP contribution in [0.1, 0.15) is 45.4 Å². The summed E-state index contributed by atoms with van der Waals surface area (Å²) in [7, 11) is 0. The van der Waals surface area contributed by atoms with Crippen molar-refractivity contribution in [2.45, 2.75) is 57.8 Å². The van der Waals surface area contributed by atoms with Crippen molar-refractivity contribution >= 4 is 5.91 Å². The molecule has 3 aliphatic rings. The smallest absolute Gasteiger partial charge is 0.239 e. The van der Waals surface area contributed by atoms with Gasteiger partial charge in [-0.25, -0.2) is 0 Å². The lowest BCUT2D eigenvalue weighted by molar-refractivity contribution is -0.143. The third-order valence-electron chi connectivity index (χ3n) is 5.29. The summed E-state index contributed by atoms with van der Waals surface area (Å²) in [6.07, 6.45) is 6.59. The quantitative estimate of drug-likeness (QED) is 0.795. The van der Waals surface area contributed by atoms with Gasteiger partial charge in [0.2, 0.25) is 5.91 Å². The molecule has 0 spiro atoms. The molecule has 0 bridgehead atoms. The fraction of sp³-hybridized carbons (Fsp3) is 0.941. The van der Waals surface area contributed by atoms with E-state index in [0.29, 0.717) is 11.8 Å². The molecule has 1 unspecified atom stereocenters. The van der Waals surface area contributed by atoms with Gasteiger partial charge in [0.05, 0.1) is 19.3 Å². The molecular formula is C17H30N2O3. The van der Waals surface area contributed by atoms with E-state index >= 15 is 0 Å². The van der Waals surface area contributed by atoms with Gasteiger partial charge in [-0.3, -0.25) is 9.69 Å². The first-order valence-corrected chi connectivity index (χ1v) is 9.05. The Hall–Kier alpha value is -0.650. The van der Waals surface area contributed by atoms with Gasteiger partial charge in [0.25, 0.3) is 0 Å². The zero-order valence-corrected chi connectivity index (χ0v) is 13.8.